The Morgan fingerprint density at radius 1 is 0.911 bits per heavy atom. The second kappa shape index (κ2) is 16.6. The second-order valence-electron chi connectivity index (χ2n) is 16.2. The summed E-state index contributed by atoms with van der Waals surface area (Å²) in [7, 11) is -3.12. The molecule has 14 heteroatoms. The van der Waals surface area contributed by atoms with Crippen LogP contribution in [0.15, 0.2) is 72.8 Å². The van der Waals surface area contributed by atoms with E-state index in [2.05, 4.69) is 21.3 Å². The molecule has 0 aliphatic carbocycles. The SMILES string of the molecule is C[C@@H]1[C@@H]([Si](C)(C)O)[C@H](CC(=O)N(CCO)Cc2ccccc2)O[C@@]12C(=O)N(Cc1cccc(NC(=O)[C@H]3CCCN3)c1)c1ccc(NC(=O)[C@H]3CCCN3)cc12. The van der Waals surface area contributed by atoms with E-state index in [0.29, 0.717) is 29.2 Å². The third-order valence-corrected chi connectivity index (χ3v) is 14.4. The quantitative estimate of drug-likeness (QED) is 0.141. The zero-order chi connectivity index (χ0) is 39.6. The number of nitrogens with zero attached hydrogens (tertiary/aromatic N) is 2. The Morgan fingerprint density at radius 3 is 2.16 bits per heavy atom. The maximum Gasteiger partial charge on any atom is 0.264 e. The Balaban J connectivity index is 1.22. The van der Waals surface area contributed by atoms with Crippen LogP contribution in [0.2, 0.25) is 18.6 Å². The number of nitrogens with one attached hydrogen (secondary N) is 4. The predicted molar refractivity (Wildman–Crippen MR) is 216 cm³/mol. The third-order valence-electron chi connectivity index (χ3n) is 11.9. The van der Waals surface area contributed by atoms with Gasteiger partial charge in [0.25, 0.3) is 5.91 Å². The molecule has 1 spiro atoms. The fourth-order valence-corrected chi connectivity index (χ4v) is 11.8. The monoisotopic (exact) mass is 782 g/mol. The lowest BCUT2D eigenvalue weighted by Gasteiger charge is -2.32. The van der Waals surface area contributed by atoms with Crippen molar-refractivity contribution in [3.8, 4) is 0 Å². The first-order chi connectivity index (χ1) is 26.9. The molecule has 0 radical (unpaired) electrons. The highest BCUT2D eigenvalue weighted by Gasteiger charge is 2.66. The average molecular weight is 783 g/mol. The molecule has 0 aromatic heterocycles. The minimum Gasteiger partial charge on any atom is -0.432 e. The number of anilines is 3. The summed E-state index contributed by atoms with van der Waals surface area (Å²) >= 11 is 0. The number of carbonyl (C=O) groups excluding carboxylic acids is 4. The molecule has 3 saturated heterocycles. The standard InChI is InChI=1S/C42H54N6O7Si/c1-27-38(56(2,3)54)36(24-37(50)47(20-21-49)25-28-10-5-4-6-11-28)55-42(27)32-23-31(46-40(52)34-15-9-19-44-34)16-17-35(32)48(41(42)53)26-29-12-7-13-30(22-29)45-39(51)33-14-8-18-43-33/h4-7,10-13,16-17,22-23,27,33-34,36,38,43-44,49,54H,8-9,14-15,18-21,24-26H2,1-3H3,(H,45,51)(H,46,52)/t27-,33-,34-,36+,38-,42+/m1/s1. The predicted octanol–water partition coefficient (Wildman–Crippen LogP) is 3.82. The van der Waals surface area contributed by atoms with Crippen LogP contribution in [0.5, 0.6) is 0 Å². The van der Waals surface area contributed by atoms with Crippen molar-refractivity contribution in [3.05, 3.63) is 89.5 Å². The Morgan fingerprint density at radius 2 is 1.55 bits per heavy atom. The molecule has 4 aliphatic rings. The molecule has 0 bridgehead atoms. The number of ether oxygens (including phenoxy) is 1. The number of aliphatic hydroxyl groups is 1. The van der Waals surface area contributed by atoms with Crippen molar-refractivity contribution in [1.82, 2.24) is 15.5 Å². The molecule has 4 aliphatic heterocycles. The van der Waals surface area contributed by atoms with Crippen molar-refractivity contribution < 1.29 is 33.8 Å². The summed E-state index contributed by atoms with van der Waals surface area (Å²) in [6.07, 6.45) is 2.46. The second-order valence-corrected chi connectivity index (χ2v) is 20.2. The number of hydrogen-bond donors (Lipinski definition) is 6. The molecule has 3 aromatic rings. The van der Waals surface area contributed by atoms with E-state index in [-0.39, 0.29) is 61.8 Å². The van der Waals surface area contributed by atoms with E-state index in [1.165, 1.54) is 0 Å². The van der Waals surface area contributed by atoms with Gasteiger partial charge >= 0.3 is 0 Å². The molecule has 56 heavy (non-hydrogen) atoms. The van der Waals surface area contributed by atoms with Gasteiger partial charge in [-0.15, -0.1) is 0 Å². The minimum absolute atomic E-state index is 0.0927. The van der Waals surface area contributed by atoms with Crippen molar-refractivity contribution in [3.63, 3.8) is 0 Å². The van der Waals surface area contributed by atoms with Crippen LogP contribution in [0.1, 0.15) is 55.7 Å². The van der Waals surface area contributed by atoms with E-state index in [1.807, 2.05) is 86.7 Å². The van der Waals surface area contributed by atoms with Gasteiger partial charge in [0.15, 0.2) is 13.9 Å². The van der Waals surface area contributed by atoms with E-state index in [0.717, 1.165) is 49.9 Å². The van der Waals surface area contributed by atoms with E-state index in [9.17, 15) is 24.3 Å². The summed E-state index contributed by atoms with van der Waals surface area (Å²) in [6.45, 7) is 7.49. The summed E-state index contributed by atoms with van der Waals surface area (Å²) in [5, 5.41) is 22.4. The highest BCUT2D eigenvalue weighted by atomic mass is 28.4. The van der Waals surface area contributed by atoms with Crippen LogP contribution in [0, 0.1) is 5.92 Å². The van der Waals surface area contributed by atoms with Crippen LogP contribution in [-0.4, -0.2) is 91.2 Å². The largest absolute Gasteiger partial charge is 0.432 e. The Labute approximate surface area is 329 Å². The molecule has 13 nitrogen and oxygen atoms in total. The molecule has 4 amide bonds. The van der Waals surface area contributed by atoms with Crippen molar-refractivity contribution in [2.75, 3.05) is 41.8 Å². The molecule has 298 valence electrons. The van der Waals surface area contributed by atoms with Gasteiger partial charge in [-0.3, -0.25) is 19.2 Å². The van der Waals surface area contributed by atoms with Crippen molar-refractivity contribution >= 4 is 49.0 Å². The van der Waals surface area contributed by atoms with Gasteiger partial charge in [-0.25, -0.2) is 0 Å². The van der Waals surface area contributed by atoms with Crippen molar-refractivity contribution in [2.45, 2.75) is 94.5 Å². The lowest BCUT2D eigenvalue weighted by Crippen LogP contribution is -2.46. The molecule has 6 N–H and O–H groups in total. The summed E-state index contributed by atoms with van der Waals surface area (Å²) < 4.78 is 6.99. The van der Waals surface area contributed by atoms with E-state index in [1.54, 1.807) is 15.9 Å². The first-order valence-electron chi connectivity index (χ1n) is 19.9. The lowest BCUT2D eigenvalue weighted by molar-refractivity contribution is -0.150. The summed E-state index contributed by atoms with van der Waals surface area (Å²) in [5.41, 5.74) is 1.94. The topological polar surface area (TPSA) is 173 Å². The Hall–Kier alpha value is -4.44. The zero-order valence-corrected chi connectivity index (χ0v) is 33.4. The minimum atomic E-state index is -3.12. The highest BCUT2D eigenvalue weighted by molar-refractivity contribution is 6.71. The molecule has 3 aromatic carbocycles. The molecule has 6 atom stereocenters. The van der Waals surface area contributed by atoms with Gasteiger partial charge in [0.1, 0.15) is 0 Å². The smallest absolute Gasteiger partial charge is 0.264 e. The van der Waals surface area contributed by atoms with Crippen molar-refractivity contribution in [2.24, 2.45) is 5.92 Å². The molecule has 4 heterocycles. The first kappa shape index (κ1) is 39.8. The van der Waals surface area contributed by atoms with E-state index in [4.69, 9.17) is 4.74 Å². The van der Waals surface area contributed by atoms with Crippen LogP contribution in [-0.2, 0) is 42.6 Å². The first-order valence-corrected chi connectivity index (χ1v) is 22.9. The van der Waals surface area contributed by atoms with Crippen LogP contribution in [0.3, 0.4) is 0 Å². The molecule has 0 saturated carbocycles. The average Bonchev–Trinajstić information content (AvgIpc) is 3.98. The molecular weight excluding hydrogens is 729 g/mol. The van der Waals surface area contributed by atoms with Crippen LogP contribution < -0.4 is 26.2 Å². The number of amides is 4. The summed E-state index contributed by atoms with van der Waals surface area (Å²) in [5.74, 6) is -1.37. The fourth-order valence-electron chi connectivity index (χ4n) is 9.24. The summed E-state index contributed by atoms with van der Waals surface area (Å²) in [6, 6.07) is 21.8. The summed E-state index contributed by atoms with van der Waals surface area (Å²) in [4.78, 5) is 70.6. The zero-order valence-electron chi connectivity index (χ0n) is 32.4. The number of fused-ring (bicyclic) bond motifs is 2. The van der Waals surface area contributed by atoms with Gasteiger partial charge in [0.05, 0.1) is 43.4 Å². The normalized spacial score (nSPS) is 25.8. The lowest BCUT2D eigenvalue weighted by atomic mass is 9.82. The Bertz CT molecular complexity index is 1930. The van der Waals surface area contributed by atoms with Crippen molar-refractivity contribution in [1.29, 1.82) is 0 Å². The number of aliphatic hydroxyl groups excluding tert-OH is 1. The fraction of sp³-hybridized carbons (Fsp3) is 0.476. The van der Waals surface area contributed by atoms with Crippen LogP contribution in [0.25, 0.3) is 0 Å². The number of carbonyl (C=O) groups is 4. The van der Waals surface area contributed by atoms with E-state index < -0.39 is 31.5 Å². The number of rotatable bonds is 13. The van der Waals surface area contributed by atoms with Gasteiger partial charge in [-0.1, -0.05) is 49.4 Å². The van der Waals surface area contributed by atoms with Crippen LogP contribution >= 0.6 is 0 Å². The molecule has 3 fully saturated rings. The van der Waals surface area contributed by atoms with Gasteiger partial charge in [0, 0.05) is 41.5 Å². The van der Waals surface area contributed by atoms with Gasteiger partial charge < -0.3 is 45.7 Å². The van der Waals surface area contributed by atoms with Crippen LogP contribution in [0.4, 0.5) is 17.1 Å². The molecule has 0 unspecified atom stereocenters. The molecular formula is C42H54N6O7Si. The maximum atomic E-state index is 15.2. The number of benzene rings is 3. The Kier molecular flexibility index (Phi) is 11.8. The molecule has 7 rings (SSSR count). The maximum absolute atomic E-state index is 15.2. The van der Waals surface area contributed by atoms with Gasteiger partial charge in [-0.2, -0.15) is 0 Å². The van der Waals surface area contributed by atoms with E-state index >= 15 is 4.79 Å². The third kappa shape index (κ3) is 8.04. The van der Waals surface area contributed by atoms with Gasteiger partial charge in [0.2, 0.25) is 17.7 Å². The van der Waals surface area contributed by atoms with Gasteiger partial charge in [-0.05, 0) is 93.3 Å². The number of hydrogen-bond acceptors (Lipinski definition) is 9. The highest BCUT2D eigenvalue weighted by Crippen LogP contribution is 2.60.